The molecule has 1 rings (SSSR count). The number of hydrogen-bond donors (Lipinski definition) is 2. The molecule has 0 radical (unpaired) electrons. The molecule has 0 aliphatic heterocycles. The van der Waals surface area contributed by atoms with E-state index in [1.165, 1.54) is 6.07 Å². The van der Waals surface area contributed by atoms with Crippen LogP contribution in [0.2, 0.25) is 0 Å². The third kappa shape index (κ3) is 3.74. The highest BCUT2D eigenvalue weighted by molar-refractivity contribution is 6.28. The van der Waals surface area contributed by atoms with Gasteiger partial charge in [0.05, 0.1) is 11.3 Å². The fourth-order valence-electron chi connectivity index (χ4n) is 1.03. The number of nitrogens with one attached hydrogen (secondary N) is 2. The maximum Gasteiger partial charge on any atom is 0.325 e. The summed E-state index contributed by atoms with van der Waals surface area (Å²) in [6, 6.07) is 4.16. The Bertz CT molecular complexity index is 499. The second-order valence-electron chi connectivity index (χ2n) is 2.94. The number of imide groups is 1. The Balaban J connectivity index is 2.79. The average molecular weight is 256 g/mol. The highest BCUT2D eigenvalue weighted by atomic mass is 35.5. The minimum atomic E-state index is -0.834. The predicted molar refractivity (Wildman–Crippen MR) is 59.0 cm³/mol. The van der Waals surface area contributed by atoms with Crippen LogP contribution in [0.1, 0.15) is 5.56 Å². The normalized spacial score (nSPS) is 9.24. The van der Waals surface area contributed by atoms with Gasteiger partial charge in [0.1, 0.15) is 17.8 Å². The first kappa shape index (κ1) is 12.9. The van der Waals surface area contributed by atoms with Crippen molar-refractivity contribution in [1.82, 2.24) is 5.32 Å². The summed E-state index contributed by atoms with van der Waals surface area (Å²) in [7, 11) is 0. The van der Waals surface area contributed by atoms with E-state index >= 15 is 0 Å². The van der Waals surface area contributed by atoms with E-state index < -0.39 is 17.8 Å². The maximum absolute atomic E-state index is 12.8. The summed E-state index contributed by atoms with van der Waals surface area (Å²) >= 11 is 5.18. The number of urea groups is 1. The minimum absolute atomic E-state index is 0.0431. The van der Waals surface area contributed by atoms with E-state index in [1.807, 2.05) is 5.32 Å². The molecule has 0 heterocycles. The number of benzene rings is 1. The number of rotatable bonds is 2. The van der Waals surface area contributed by atoms with E-state index in [9.17, 15) is 14.0 Å². The van der Waals surface area contributed by atoms with E-state index in [0.29, 0.717) is 0 Å². The first-order valence-electron chi connectivity index (χ1n) is 4.43. The number of anilines is 1. The topological polar surface area (TPSA) is 82.0 Å². The van der Waals surface area contributed by atoms with E-state index in [4.69, 9.17) is 16.9 Å². The van der Waals surface area contributed by atoms with Gasteiger partial charge in [-0.25, -0.2) is 9.18 Å². The van der Waals surface area contributed by atoms with Crippen molar-refractivity contribution < 1.29 is 14.0 Å². The number of nitriles is 1. The number of hydrogen-bond acceptors (Lipinski definition) is 3. The summed E-state index contributed by atoms with van der Waals surface area (Å²) in [5.41, 5.74) is 0.0623. The highest BCUT2D eigenvalue weighted by Crippen LogP contribution is 2.15. The van der Waals surface area contributed by atoms with Crippen molar-refractivity contribution in [3.63, 3.8) is 0 Å². The van der Waals surface area contributed by atoms with Gasteiger partial charge in [-0.1, -0.05) is 0 Å². The molecule has 0 spiro atoms. The van der Waals surface area contributed by atoms with Crippen molar-refractivity contribution in [1.29, 1.82) is 5.26 Å². The molecule has 0 saturated carbocycles. The van der Waals surface area contributed by atoms with Gasteiger partial charge in [-0.2, -0.15) is 5.26 Å². The summed E-state index contributed by atoms with van der Waals surface area (Å²) in [4.78, 5) is 22.0. The zero-order valence-electron chi connectivity index (χ0n) is 8.46. The Hall–Kier alpha value is -2.13. The lowest BCUT2D eigenvalue weighted by Crippen LogP contribution is -2.35. The zero-order chi connectivity index (χ0) is 12.8. The molecule has 7 heteroatoms. The molecular weight excluding hydrogens is 249 g/mol. The molecule has 0 bridgehead atoms. The van der Waals surface area contributed by atoms with Crippen LogP contribution in [0.4, 0.5) is 14.9 Å². The molecule has 0 aliphatic carbocycles. The number of carbonyl (C=O) groups excluding carboxylic acids is 2. The molecule has 0 saturated heterocycles. The van der Waals surface area contributed by atoms with Crippen molar-refractivity contribution in [3.05, 3.63) is 29.6 Å². The van der Waals surface area contributed by atoms with Crippen LogP contribution in [-0.4, -0.2) is 17.8 Å². The molecular formula is C10H7ClFN3O2. The molecule has 1 aromatic rings. The molecule has 3 amide bonds. The van der Waals surface area contributed by atoms with Gasteiger partial charge in [-0.3, -0.25) is 10.1 Å². The summed E-state index contributed by atoms with van der Waals surface area (Å²) < 4.78 is 12.8. The van der Waals surface area contributed by atoms with Crippen LogP contribution in [0.5, 0.6) is 0 Å². The molecule has 0 fully saturated rings. The Morgan fingerprint density at radius 1 is 1.47 bits per heavy atom. The molecule has 0 unspecified atom stereocenters. The van der Waals surface area contributed by atoms with Crippen LogP contribution in [0, 0.1) is 17.1 Å². The van der Waals surface area contributed by atoms with Crippen LogP contribution < -0.4 is 10.6 Å². The standard InChI is InChI=1S/C10H7ClFN3O2/c11-4-9(16)15-10(17)14-8-2-1-7(12)3-6(8)5-13/h1-3H,4H2,(H2,14,15,16,17). The van der Waals surface area contributed by atoms with E-state index in [-0.39, 0.29) is 17.1 Å². The third-order valence-corrected chi connectivity index (χ3v) is 1.97. The smallest absolute Gasteiger partial charge is 0.306 e. The van der Waals surface area contributed by atoms with Crippen molar-refractivity contribution in [2.75, 3.05) is 11.2 Å². The van der Waals surface area contributed by atoms with Crippen LogP contribution in [-0.2, 0) is 4.79 Å². The fraction of sp³-hybridized carbons (Fsp3) is 0.100. The minimum Gasteiger partial charge on any atom is -0.306 e. The van der Waals surface area contributed by atoms with E-state index in [0.717, 1.165) is 12.1 Å². The lowest BCUT2D eigenvalue weighted by Gasteiger charge is -2.06. The van der Waals surface area contributed by atoms with Gasteiger partial charge in [-0.05, 0) is 18.2 Å². The molecule has 88 valence electrons. The van der Waals surface area contributed by atoms with Crippen LogP contribution in [0.15, 0.2) is 18.2 Å². The fourth-order valence-corrected chi connectivity index (χ4v) is 1.10. The van der Waals surface area contributed by atoms with E-state index in [2.05, 4.69) is 5.32 Å². The molecule has 0 atom stereocenters. The van der Waals surface area contributed by atoms with Crippen molar-refractivity contribution in [2.45, 2.75) is 0 Å². The first-order valence-corrected chi connectivity index (χ1v) is 4.96. The number of alkyl halides is 1. The van der Waals surface area contributed by atoms with Gasteiger partial charge in [0.2, 0.25) is 5.91 Å². The van der Waals surface area contributed by atoms with Crippen LogP contribution >= 0.6 is 11.6 Å². The van der Waals surface area contributed by atoms with Gasteiger partial charge in [0, 0.05) is 0 Å². The first-order chi connectivity index (χ1) is 8.06. The largest absolute Gasteiger partial charge is 0.325 e. The van der Waals surface area contributed by atoms with E-state index in [1.54, 1.807) is 6.07 Å². The molecule has 0 aliphatic rings. The number of carbonyl (C=O) groups is 2. The predicted octanol–water partition coefficient (Wildman–Crippen LogP) is 1.58. The third-order valence-electron chi connectivity index (χ3n) is 1.72. The Labute approximate surface area is 101 Å². The van der Waals surface area contributed by atoms with Crippen molar-refractivity contribution in [2.24, 2.45) is 0 Å². The summed E-state index contributed by atoms with van der Waals surface area (Å²) in [6.07, 6.45) is 0. The SMILES string of the molecule is N#Cc1cc(F)ccc1NC(=O)NC(=O)CCl. The average Bonchev–Trinajstić information content (AvgIpc) is 2.31. The molecule has 2 N–H and O–H groups in total. The van der Waals surface area contributed by atoms with Crippen molar-refractivity contribution >= 4 is 29.2 Å². The van der Waals surface area contributed by atoms with Gasteiger partial charge >= 0.3 is 6.03 Å². The second-order valence-corrected chi connectivity index (χ2v) is 3.20. The van der Waals surface area contributed by atoms with Crippen LogP contribution in [0.25, 0.3) is 0 Å². The zero-order valence-corrected chi connectivity index (χ0v) is 9.21. The van der Waals surface area contributed by atoms with Gasteiger partial charge < -0.3 is 5.32 Å². The Kier molecular flexibility index (Phi) is 4.43. The molecule has 17 heavy (non-hydrogen) atoms. The lowest BCUT2D eigenvalue weighted by atomic mass is 10.2. The maximum atomic E-state index is 12.8. The van der Waals surface area contributed by atoms with Gasteiger partial charge in [-0.15, -0.1) is 11.6 Å². The Morgan fingerprint density at radius 3 is 2.76 bits per heavy atom. The number of nitrogens with zero attached hydrogens (tertiary/aromatic N) is 1. The quantitative estimate of drug-likeness (QED) is 0.787. The van der Waals surface area contributed by atoms with Gasteiger partial charge in [0.25, 0.3) is 0 Å². The molecule has 5 nitrogen and oxygen atoms in total. The lowest BCUT2D eigenvalue weighted by molar-refractivity contribution is -0.117. The molecule has 1 aromatic carbocycles. The van der Waals surface area contributed by atoms with Crippen LogP contribution in [0.3, 0.4) is 0 Å². The summed E-state index contributed by atoms with van der Waals surface area (Å²) in [5, 5.41) is 12.9. The number of amides is 3. The van der Waals surface area contributed by atoms with Gasteiger partial charge in [0.15, 0.2) is 0 Å². The Morgan fingerprint density at radius 2 is 2.18 bits per heavy atom. The number of halogens is 2. The summed E-state index contributed by atoms with van der Waals surface area (Å²) in [6.45, 7) is 0. The van der Waals surface area contributed by atoms with Crippen molar-refractivity contribution in [3.8, 4) is 6.07 Å². The highest BCUT2D eigenvalue weighted by Gasteiger charge is 2.09. The molecule has 0 aromatic heterocycles. The monoisotopic (exact) mass is 255 g/mol. The second kappa shape index (κ2) is 5.82. The summed E-state index contributed by atoms with van der Waals surface area (Å²) in [5.74, 6) is -1.63.